The standard InChI is InChI=1S/C21H25F3N6O/c1-4-8-28-12-15(14(3)26-28)20(31)29-9-6-5-7-17(29)16-11-19-25-13(2)10-18(21(22,23)24)30(19)27-16/h10-12,17H,4-9H2,1-3H3/t17-/m0/s1. The number of piperidine rings is 1. The summed E-state index contributed by atoms with van der Waals surface area (Å²) in [7, 11) is 0. The van der Waals surface area contributed by atoms with Crippen molar-refractivity contribution < 1.29 is 18.0 Å². The molecule has 1 fully saturated rings. The number of fused-ring (bicyclic) bond motifs is 1. The van der Waals surface area contributed by atoms with Crippen LogP contribution in [0.3, 0.4) is 0 Å². The van der Waals surface area contributed by atoms with E-state index in [2.05, 4.69) is 15.2 Å². The van der Waals surface area contributed by atoms with Crippen molar-refractivity contribution in [3.05, 3.63) is 46.7 Å². The fourth-order valence-corrected chi connectivity index (χ4v) is 4.19. The van der Waals surface area contributed by atoms with Crippen LogP contribution in [0.5, 0.6) is 0 Å². The van der Waals surface area contributed by atoms with Gasteiger partial charge in [-0.3, -0.25) is 9.48 Å². The molecule has 4 rings (SSSR count). The summed E-state index contributed by atoms with van der Waals surface area (Å²) in [4.78, 5) is 19.3. The van der Waals surface area contributed by atoms with Crippen molar-refractivity contribution in [2.45, 2.75) is 65.2 Å². The number of hydrogen-bond donors (Lipinski definition) is 0. The summed E-state index contributed by atoms with van der Waals surface area (Å²) in [5, 5.41) is 8.66. The third kappa shape index (κ3) is 4.03. The smallest absolute Gasteiger partial charge is 0.330 e. The summed E-state index contributed by atoms with van der Waals surface area (Å²) >= 11 is 0. The summed E-state index contributed by atoms with van der Waals surface area (Å²) in [6, 6.07) is 2.14. The average Bonchev–Trinajstić information content (AvgIpc) is 3.29. The highest BCUT2D eigenvalue weighted by atomic mass is 19.4. The first-order valence-electron chi connectivity index (χ1n) is 10.5. The maximum absolute atomic E-state index is 13.5. The number of carbonyl (C=O) groups is 1. The lowest BCUT2D eigenvalue weighted by molar-refractivity contribution is -0.142. The number of alkyl halides is 3. The van der Waals surface area contributed by atoms with Crippen molar-refractivity contribution in [1.82, 2.24) is 29.3 Å². The lowest BCUT2D eigenvalue weighted by Crippen LogP contribution is -2.38. The second-order valence-electron chi connectivity index (χ2n) is 8.02. The predicted molar refractivity (Wildman–Crippen MR) is 108 cm³/mol. The first-order valence-corrected chi connectivity index (χ1v) is 10.5. The molecule has 1 saturated heterocycles. The third-order valence-electron chi connectivity index (χ3n) is 5.60. The largest absolute Gasteiger partial charge is 0.433 e. The number of nitrogens with zero attached hydrogens (tertiary/aromatic N) is 6. The number of halogens is 3. The first kappa shape index (κ1) is 21.3. The van der Waals surface area contributed by atoms with Gasteiger partial charge in [-0.2, -0.15) is 23.4 Å². The van der Waals surface area contributed by atoms with E-state index in [1.165, 1.54) is 6.92 Å². The molecule has 0 saturated carbocycles. The first-order chi connectivity index (χ1) is 14.7. The number of amides is 1. The average molecular weight is 434 g/mol. The highest BCUT2D eigenvalue weighted by Crippen LogP contribution is 2.34. The van der Waals surface area contributed by atoms with E-state index in [9.17, 15) is 18.0 Å². The maximum Gasteiger partial charge on any atom is 0.433 e. The minimum absolute atomic E-state index is 0.132. The van der Waals surface area contributed by atoms with Gasteiger partial charge in [-0.25, -0.2) is 9.50 Å². The van der Waals surface area contributed by atoms with E-state index < -0.39 is 17.9 Å². The van der Waals surface area contributed by atoms with E-state index in [0.717, 1.165) is 36.4 Å². The molecule has 0 radical (unpaired) electrons. The van der Waals surface area contributed by atoms with Crippen molar-refractivity contribution in [3.8, 4) is 0 Å². The molecule has 31 heavy (non-hydrogen) atoms. The van der Waals surface area contributed by atoms with Gasteiger partial charge in [0, 0.05) is 31.0 Å². The van der Waals surface area contributed by atoms with E-state index in [0.29, 0.717) is 29.9 Å². The van der Waals surface area contributed by atoms with Crippen molar-refractivity contribution in [1.29, 1.82) is 0 Å². The molecule has 3 aromatic heterocycles. The Labute approximate surface area is 177 Å². The number of aryl methyl sites for hydroxylation is 3. The topological polar surface area (TPSA) is 68.3 Å². The van der Waals surface area contributed by atoms with Crippen LogP contribution in [0.2, 0.25) is 0 Å². The van der Waals surface area contributed by atoms with Crippen LogP contribution in [0.4, 0.5) is 13.2 Å². The quantitative estimate of drug-likeness (QED) is 0.613. The van der Waals surface area contributed by atoms with Crippen molar-refractivity contribution >= 4 is 11.6 Å². The molecule has 1 amide bonds. The van der Waals surface area contributed by atoms with Gasteiger partial charge in [0.15, 0.2) is 5.65 Å². The van der Waals surface area contributed by atoms with E-state index in [4.69, 9.17) is 0 Å². The molecular formula is C21H25F3N6O. The van der Waals surface area contributed by atoms with Crippen LogP contribution in [0.1, 0.15) is 71.8 Å². The Hall–Kier alpha value is -2.91. The van der Waals surface area contributed by atoms with Gasteiger partial charge in [-0.15, -0.1) is 0 Å². The molecule has 10 heteroatoms. The number of likely N-dealkylation sites (tertiary alicyclic amines) is 1. The van der Waals surface area contributed by atoms with Gasteiger partial charge in [0.1, 0.15) is 5.69 Å². The maximum atomic E-state index is 13.5. The van der Waals surface area contributed by atoms with Gasteiger partial charge in [0.25, 0.3) is 5.91 Å². The molecule has 166 valence electrons. The number of hydrogen-bond acceptors (Lipinski definition) is 4. The molecule has 0 aliphatic carbocycles. The van der Waals surface area contributed by atoms with E-state index in [1.807, 2.05) is 6.92 Å². The summed E-state index contributed by atoms with van der Waals surface area (Å²) < 4.78 is 43.2. The van der Waals surface area contributed by atoms with Gasteiger partial charge < -0.3 is 4.90 Å². The SMILES string of the molecule is CCCn1cc(C(=O)N2CCCC[C@H]2c2cc3nc(C)cc(C(F)(F)F)n3n2)c(C)n1. The van der Waals surface area contributed by atoms with Crippen LogP contribution in [0.15, 0.2) is 18.3 Å². The summed E-state index contributed by atoms with van der Waals surface area (Å²) in [6.45, 7) is 6.60. The van der Waals surface area contributed by atoms with E-state index >= 15 is 0 Å². The second-order valence-corrected chi connectivity index (χ2v) is 8.02. The van der Waals surface area contributed by atoms with Gasteiger partial charge in [-0.1, -0.05) is 6.92 Å². The van der Waals surface area contributed by atoms with E-state index in [-0.39, 0.29) is 17.2 Å². The molecule has 1 aliphatic rings. The molecule has 4 heterocycles. The van der Waals surface area contributed by atoms with Gasteiger partial charge in [-0.05, 0) is 45.6 Å². The highest BCUT2D eigenvalue weighted by Gasteiger charge is 2.37. The third-order valence-corrected chi connectivity index (χ3v) is 5.60. The van der Waals surface area contributed by atoms with Gasteiger partial charge >= 0.3 is 6.18 Å². The zero-order chi connectivity index (χ0) is 22.3. The van der Waals surface area contributed by atoms with Crippen LogP contribution in [-0.4, -0.2) is 41.7 Å². The van der Waals surface area contributed by atoms with E-state index in [1.54, 1.807) is 28.8 Å². The molecule has 3 aromatic rings. The number of carbonyl (C=O) groups excluding carboxylic acids is 1. The monoisotopic (exact) mass is 434 g/mol. The molecule has 0 spiro atoms. The zero-order valence-electron chi connectivity index (χ0n) is 17.8. The fraction of sp³-hybridized carbons (Fsp3) is 0.524. The minimum atomic E-state index is -4.55. The minimum Gasteiger partial charge on any atom is -0.330 e. The molecule has 1 aliphatic heterocycles. The molecule has 0 bridgehead atoms. The molecule has 0 aromatic carbocycles. The fourth-order valence-electron chi connectivity index (χ4n) is 4.19. The van der Waals surface area contributed by atoms with Crippen LogP contribution in [0, 0.1) is 13.8 Å². The Morgan fingerprint density at radius 1 is 1.19 bits per heavy atom. The van der Waals surface area contributed by atoms with Crippen molar-refractivity contribution in [2.75, 3.05) is 6.54 Å². The molecule has 7 nitrogen and oxygen atoms in total. The molecule has 0 unspecified atom stereocenters. The summed E-state index contributed by atoms with van der Waals surface area (Å²) in [5.74, 6) is -0.165. The highest BCUT2D eigenvalue weighted by molar-refractivity contribution is 5.95. The predicted octanol–water partition coefficient (Wildman–Crippen LogP) is 4.34. The van der Waals surface area contributed by atoms with Crippen LogP contribution < -0.4 is 0 Å². The number of aromatic nitrogens is 5. The van der Waals surface area contributed by atoms with Gasteiger partial charge in [0.2, 0.25) is 0 Å². The molecule has 0 N–H and O–H groups in total. The summed E-state index contributed by atoms with van der Waals surface area (Å²) in [6.07, 6.45) is 0.442. The van der Waals surface area contributed by atoms with Crippen LogP contribution >= 0.6 is 0 Å². The molecule has 1 atom stereocenters. The van der Waals surface area contributed by atoms with Crippen LogP contribution in [0.25, 0.3) is 5.65 Å². The number of rotatable bonds is 4. The van der Waals surface area contributed by atoms with Crippen molar-refractivity contribution in [3.63, 3.8) is 0 Å². The Morgan fingerprint density at radius 2 is 1.97 bits per heavy atom. The lowest BCUT2D eigenvalue weighted by Gasteiger charge is -2.34. The second kappa shape index (κ2) is 7.97. The zero-order valence-corrected chi connectivity index (χ0v) is 17.8. The van der Waals surface area contributed by atoms with Crippen molar-refractivity contribution in [2.24, 2.45) is 0 Å². The van der Waals surface area contributed by atoms with Gasteiger partial charge in [0.05, 0.1) is 23.0 Å². The van der Waals surface area contributed by atoms with Crippen LogP contribution in [-0.2, 0) is 12.7 Å². The Kier molecular flexibility index (Phi) is 5.49. The Balaban J connectivity index is 1.72. The lowest BCUT2D eigenvalue weighted by atomic mass is 9.98. The summed E-state index contributed by atoms with van der Waals surface area (Å²) in [5.41, 5.74) is 1.12. The molecular weight excluding hydrogens is 409 g/mol. The normalized spacial score (nSPS) is 17.5. The Morgan fingerprint density at radius 3 is 2.68 bits per heavy atom. The Bertz CT molecular complexity index is 1120.